The van der Waals surface area contributed by atoms with Crippen LogP contribution in [0.25, 0.3) is 0 Å². The number of aryl methyl sites for hydroxylation is 1. The predicted octanol–water partition coefficient (Wildman–Crippen LogP) is 1.46. The molecule has 1 aliphatic heterocycles. The van der Waals surface area contributed by atoms with Crippen LogP contribution in [0.5, 0.6) is 0 Å². The standard InChI is InChI=1S/C12H16N2O/c1-2-8-3-10-11(13-6-8)14-7-12(10)4-9(15)5-12/h3,6,9,15H,2,4-5,7H2,1H3,(H,13,14). The van der Waals surface area contributed by atoms with Gasteiger partial charge in [0.15, 0.2) is 0 Å². The lowest BCUT2D eigenvalue weighted by molar-refractivity contribution is 0.0277. The van der Waals surface area contributed by atoms with Crippen LogP contribution in [0.2, 0.25) is 0 Å². The van der Waals surface area contributed by atoms with Crippen molar-refractivity contribution in [1.82, 2.24) is 4.98 Å². The average Bonchev–Trinajstić information content (AvgIpc) is 2.57. The van der Waals surface area contributed by atoms with Crippen molar-refractivity contribution in [2.24, 2.45) is 0 Å². The third kappa shape index (κ3) is 1.19. The molecule has 80 valence electrons. The minimum atomic E-state index is -0.108. The molecule has 0 radical (unpaired) electrons. The van der Waals surface area contributed by atoms with E-state index in [1.165, 1.54) is 11.1 Å². The van der Waals surface area contributed by atoms with Gasteiger partial charge >= 0.3 is 0 Å². The smallest absolute Gasteiger partial charge is 0.129 e. The van der Waals surface area contributed by atoms with Gasteiger partial charge in [-0.05, 0) is 30.9 Å². The summed E-state index contributed by atoms with van der Waals surface area (Å²) in [5.74, 6) is 1.03. The molecule has 1 fully saturated rings. The first-order chi connectivity index (χ1) is 7.23. The van der Waals surface area contributed by atoms with Crippen molar-refractivity contribution in [2.75, 3.05) is 11.9 Å². The van der Waals surface area contributed by atoms with Crippen LogP contribution >= 0.6 is 0 Å². The van der Waals surface area contributed by atoms with E-state index in [-0.39, 0.29) is 11.5 Å². The van der Waals surface area contributed by atoms with E-state index in [1.807, 2.05) is 6.20 Å². The van der Waals surface area contributed by atoms with Crippen molar-refractivity contribution in [3.05, 3.63) is 23.4 Å². The second kappa shape index (κ2) is 2.95. The summed E-state index contributed by atoms with van der Waals surface area (Å²) in [7, 11) is 0. The Balaban J connectivity index is 2.01. The lowest BCUT2D eigenvalue weighted by Crippen LogP contribution is -2.46. The highest BCUT2D eigenvalue weighted by Gasteiger charge is 2.49. The molecule has 0 bridgehead atoms. The van der Waals surface area contributed by atoms with E-state index < -0.39 is 0 Å². The molecular formula is C12H16N2O. The Bertz CT molecular complexity index is 391. The molecule has 2 heterocycles. The maximum absolute atomic E-state index is 9.48. The number of aliphatic hydroxyl groups excluding tert-OH is 1. The molecule has 1 aliphatic carbocycles. The van der Waals surface area contributed by atoms with Crippen molar-refractivity contribution in [1.29, 1.82) is 0 Å². The molecule has 3 nitrogen and oxygen atoms in total. The number of anilines is 1. The zero-order chi connectivity index (χ0) is 10.5. The molecule has 0 saturated heterocycles. The van der Waals surface area contributed by atoms with Crippen LogP contribution in [-0.4, -0.2) is 22.7 Å². The summed E-state index contributed by atoms with van der Waals surface area (Å²) >= 11 is 0. The van der Waals surface area contributed by atoms with E-state index in [2.05, 4.69) is 23.3 Å². The van der Waals surface area contributed by atoms with E-state index in [9.17, 15) is 5.11 Å². The second-order valence-corrected chi connectivity index (χ2v) is 4.79. The SMILES string of the molecule is CCc1cnc2c(c1)C1(CN2)CC(O)C1. The summed E-state index contributed by atoms with van der Waals surface area (Å²) in [6, 6.07) is 2.26. The summed E-state index contributed by atoms with van der Waals surface area (Å²) in [5.41, 5.74) is 2.80. The first-order valence-corrected chi connectivity index (χ1v) is 5.65. The molecule has 2 aliphatic rings. The molecule has 0 atom stereocenters. The van der Waals surface area contributed by atoms with Gasteiger partial charge in [-0.2, -0.15) is 0 Å². The number of aliphatic hydroxyl groups is 1. The summed E-state index contributed by atoms with van der Waals surface area (Å²) in [6.45, 7) is 3.09. The van der Waals surface area contributed by atoms with Crippen LogP contribution in [0.15, 0.2) is 12.3 Å². The molecule has 0 amide bonds. The first-order valence-electron chi connectivity index (χ1n) is 5.65. The third-order valence-electron chi connectivity index (χ3n) is 3.77. The minimum Gasteiger partial charge on any atom is -0.393 e. The largest absolute Gasteiger partial charge is 0.393 e. The number of rotatable bonds is 1. The van der Waals surface area contributed by atoms with Crippen LogP contribution in [-0.2, 0) is 11.8 Å². The number of hydrogen-bond acceptors (Lipinski definition) is 3. The zero-order valence-corrected chi connectivity index (χ0v) is 8.95. The Labute approximate surface area is 89.5 Å². The summed E-state index contributed by atoms with van der Waals surface area (Å²) < 4.78 is 0. The van der Waals surface area contributed by atoms with E-state index in [1.54, 1.807) is 0 Å². The Kier molecular flexibility index (Phi) is 1.80. The number of nitrogens with zero attached hydrogens (tertiary/aromatic N) is 1. The van der Waals surface area contributed by atoms with Gasteiger partial charge in [0, 0.05) is 23.7 Å². The van der Waals surface area contributed by atoms with Crippen LogP contribution in [0, 0.1) is 0 Å². The van der Waals surface area contributed by atoms with Crippen LogP contribution in [0.3, 0.4) is 0 Å². The van der Waals surface area contributed by atoms with Crippen LogP contribution in [0.4, 0.5) is 5.82 Å². The Morgan fingerprint density at radius 3 is 3.07 bits per heavy atom. The average molecular weight is 204 g/mol. The minimum absolute atomic E-state index is 0.108. The molecule has 0 unspecified atom stereocenters. The highest BCUT2D eigenvalue weighted by Crippen LogP contribution is 2.49. The molecule has 1 spiro atoms. The van der Waals surface area contributed by atoms with Crippen LogP contribution in [0.1, 0.15) is 30.9 Å². The van der Waals surface area contributed by atoms with Crippen molar-refractivity contribution in [3.8, 4) is 0 Å². The maximum Gasteiger partial charge on any atom is 0.129 e. The van der Waals surface area contributed by atoms with E-state index >= 15 is 0 Å². The molecule has 1 saturated carbocycles. The van der Waals surface area contributed by atoms with Crippen LogP contribution < -0.4 is 5.32 Å². The summed E-state index contributed by atoms with van der Waals surface area (Å²) in [4.78, 5) is 4.44. The number of hydrogen-bond donors (Lipinski definition) is 2. The van der Waals surface area contributed by atoms with Crippen molar-refractivity contribution in [3.63, 3.8) is 0 Å². The molecule has 3 rings (SSSR count). The molecule has 1 aromatic rings. The van der Waals surface area contributed by atoms with Gasteiger partial charge in [-0.25, -0.2) is 4.98 Å². The molecule has 2 N–H and O–H groups in total. The fourth-order valence-corrected chi connectivity index (χ4v) is 2.80. The monoisotopic (exact) mass is 204 g/mol. The fourth-order valence-electron chi connectivity index (χ4n) is 2.80. The summed E-state index contributed by atoms with van der Waals surface area (Å²) in [5, 5.41) is 12.8. The van der Waals surface area contributed by atoms with Gasteiger partial charge in [0.1, 0.15) is 5.82 Å². The van der Waals surface area contributed by atoms with Gasteiger partial charge in [0.25, 0.3) is 0 Å². The third-order valence-corrected chi connectivity index (χ3v) is 3.77. The normalized spacial score (nSPS) is 32.3. The Hall–Kier alpha value is -1.09. The van der Waals surface area contributed by atoms with Gasteiger partial charge in [-0.3, -0.25) is 0 Å². The predicted molar refractivity (Wildman–Crippen MR) is 59.0 cm³/mol. The quantitative estimate of drug-likeness (QED) is 0.728. The fraction of sp³-hybridized carbons (Fsp3) is 0.583. The van der Waals surface area contributed by atoms with E-state index in [4.69, 9.17) is 0 Å². The Morgan fingerprint density at radius 2 is 2.40 bits per heavy atom. The molecule has 15 heavy (non-hydrogen) atoms. The summed E-state index contributed by atoms with van der Waals surface area (Å²) in [6.07, 6.45) is 4.64. The van der Waals surface area contributed by atoms with E-state index in [0.717, 1.165) is 31.6 Å². The zero-order valence-electron chi connectivity index (χ0n) is 8.95. The highest BCUT2D eigenvalue weighted by atomic mass is 16.3. The van der Waals surface area contributed by atoms with Crippen molar-refractivity contribution < 1.29 is 5.11 Å². The van der Waals surface area contributed by atoms with Gasteiger partial charge in [-0.1, -0.05) is 6.92 Å². The number of aromatic nitrogens is 1. The molecule has 3 heteroatoms. The van der Waals surface area contributed by atoms with Gasteiger partial charge in [0.05, 0.1) is 6.10 Å². The maximum atomic E-state index is 9.48. The number of pyridine rings is 1. The van der Waals surface area contributed by atoms with Gasteiger partial charge in [0.2, 0.25) is 0 Å². The number of nitrogens with one attached hydrogen (secondary N) is 1. The van der Waals surface area contributed by atoms with Gasteiger partial charge < -0.3 is 10.4 Å². The van der Waals surface area contributed by atoms with Gasteiger partial charge in [-0.15, -0.1) is 0 Å². The Morgan fingerprint density at radius 1 is 1.60 bits per heavy atom. The lowest BCUT2D eigenvalue weighted by Gasteiger charge is -2.42. The second-order valence-electron chi connectivity index (χ2n) is 4.79. The molecule has 0 aromatic carbocycles. The molecule has 1 aromatic heterocycles. The highest BCUT2D eigenvalue weighted by molar-refractivity contribution is 5.57. The van der Waals surface area contributed by atoms with Crippen molar-refractivity contribution in [2.45, 2.75) is 37.7 Å². The van der Waals surface area contributed by atoms with Crippen molar-refractivity contribution >= 4 is 5.82 Å². The molecular weight excluding hydrogens is 188 g/mol. The van der Waals surface area contributed by atoms with E-state index in [0.29, 0.717) is 0 Å². The topological polar surface area (TPSA) is 45.2 Å². The first kappa shape index (κ1) is 9.16. The number of fused-ring (bicyclic) bond motifs is 2. The lowest BCUT2D eigenvalue weighted by atomic mass is 9.64.